The summed E-state index contributed by atoms with van der Waals surface area (Å²) in [5, 5.41) is 10.8. The fraction of sp³-hybridized carbons (Fsp3) is 0.571. The Morgan fingerprint density at radius 2 is 2.00 bits per heavy atom. The Balaban J connectivity index is 2.08. The molecular formula is C21H30O8. The first kappa shape index (κ1) is 23.2. The number of methoxy groups -OCH3 is 3. The highest BCUT2D eigenvalue weighted by Crippen LogP contribution is 2.29. The number of ether oxygens (including phenoxy) is 6. The topological polar surface area (TPSA) is 92.7 Å². The molecule has 1 N–H and O–H groups in total. The van der Waals surface area contributed by atoms with E-state index in [0.29, 0.717) is 17.9 Å². The van der Waals surface area contributed by atoms with Crippen LogP contribution in [0.2, 0.25) is 0 Å². The highest BCUT2D eigenvalue weighted by molar-refractivity contribution is 5.81. The van der Waals surface area contributed by atoms with Gasteiger partial charge in [-0.25, -0.2) is 4.79 Å². The summed E-state index contributed by atoms with van der Waals surface area (Å²) in [6.07, 6.45) is 1.10. The number of carbonyl (C=O) groups excluding carboxylic acids is 1. The Morgan fingerprint density at radius 3 is 2.59 bits per heavy atom. The standard InChI is InChI=1S/C21H30O8/c1-21(2)28-13-18(29-21)20(23)16(7-6-8-19(22)26-5)27-12-14-9-10-15(24-3)17(11-14)25-4/h6,8-11,16,18,20,23H,7,12-13H2,1-5H3/b8-6+/t16-,18-,20+/m1/s1. The smallest absolute Gasteiger partial charge is 0.330 e. The van der Waals surface area contributed by atoms with Crippen molar-refractivity contribution in [2.24, 2.45) is 0 Å². The Kier molecular flexibility index (Phi) is 8.45. The number of aliphatic hydroxyl groups is 1. The van der Waals surface area contributed by atoms with Gasteiger partial charge in [-0.15, -0.1) is 0 Å². The lowest BCUT2D eigenvalue weighted by Crippen LogP contribution is -2.41. The number of hydrogen-bond donors (Lipinski definition) is 1. The van der Waals surface area contributed by atoms with Crippen molar-refractivity contribution in [3.63, 3.8) is 0 Å². The van der Waals surface area contributed by atoms with Crippen molar-refractivity contribution in [3.05, 3.63) is 35.9 Å². The van der Waals surface area contributed by atoms with Crippen LogP contribution >= 0.6 is 0 Å². The van der Waals surface area contributed by atoms with Gasteiger partial charge in [0, 0.05) is 6.08 Å². The van der Waals surface area contributed by atoms with Gasteiger partial charge in [0.05, 0.1) is 40.6 Å². The number of carbonyl (C=O) groups is 1. The molecule has 2 rings (SSSR count). The van der Waals surface area contributed by atoms with Gasteiger partial charge in [-0.05, 0) is 38.0 Å². The number of aliphatic hydroxyl groups excluding tert-OH is 1. The normalized spacial score (nSPS) is 20.4. The van der Waals surface area contributed by atoms with Gasteiger partial charge in [0.2, 0.25) is 0 Å². The van der Waals surface area contributed by atoms with Crippen LogP contribution in [-0.4, -0.2) is 63.1 Å². The molecule has 0 saturated carbocycles. The lowest BCUT2D eigenvalue weighted by Gasteiger charge is -2.27. The summed E-state index contributed by atoms with van der Waals surface area (Å²) in [6, 6.07) is 5.45. The average Bonchev–Trinajstić information content (AvgIpc) is 3.09. The third-order valence-electron chi connectivity index (χ3n) is 4.53. The molecule has 0 bridgehead atoms. The second-order valence-corrected chi connectivity index (χ2v) is 7.06. The molecule has 162 valence electrons. The van der Waals surface area contributed by atoms with Crippen molar-refractivity contribution in [1.29, 1.82) is 0 Å². The lowest BCUT2D eigenvalue weighted by molar-refractivity contribution is -0.165. The minimum atomic E-state index is -0.945. The van der Waals surface area contributed by atoms with Gasteiger partial charge in [-0.1, -0.05) is 12.1 Å². The van der Waals surface area contributed by atoms with Crippen LogP contribution < -0.4 is 9.47 Å². The van der Waals surface area contributed by atoms with Crippen molar-refractivity contribution in [3.8, 4) is 11.5 Å². The van der Waals surface area contributed by atoms with E-state index < -0.39 is 30.1 Å². The van der Waals surface area contributed by atoms with Gasteiger partial charge >= 0.3 is 5.97 Å². The fourth-order valence-corrected chi connectivity index (χ4v) is 2.97. The zero-order valence-electron chi connectivity index (χ0n) is 17.5. The quantitative estimate of drug-likeness (QED) is 0.464. The first-order chi connectivity index (χ1) is 13.8. The van der Waals surface area contributed by atoms with E-state index >= 15 is 0 Å². The highest BCUT2D eigenvalue weighted by Gasteiger charge is 2.39. The van der Waals surface area contributed by atoms with E-state index in [0.717, 1.165) is 5.56 Å². The molecule has 1 aliphatic heterocycles. The van der Waals surface area contributed by atoms with Crippen LogP contribution in [0, 0.1) is 0 Å². The summed E-state index contributed by atoms with van der Waals surface area (Å²) >= 11 is 0. The van der Waals surface area contributed by atoms with Crippen LogP contribution in [0.15, 0.2) is 30.4 Å². The first-order valence-corrected chi connectivity index (χ1v) is 9.36. The van der Waals surface area contributed by atoms with E-state index in [9.17, 15) is 9.90 Å². The molecule has 0 amide bonds. The van der Waals surface area contributed by atoms with E-state index in [2.05, 4.69) is 4.74 Å². The Bertz CT molecular complexity index is 700. The molecule has 0 aliphatic carbocycles. The van der Waals surface area contributed by atoms with E-state index in [1.165, 1.54) is 13.2 Å². The van der Waals surface area contributed by atoms with E-state index in [1.807, 2.05) is 12.1 Å². The Hall–Kier alpha value is -2.13. The average molecular weight is 410 g/mol. The van der Waals surface area contributed by atoms with Gasteiger partial charge < -0.3 is 33.5 Å². The Labute approximate surface area is 171 Å². The van der Waals surface area contributed by atoms with Crippen molar-refractivity contribution in [2.75, 3.05) is 27.9 Å². The van der Waals surface area contributed by atoms with Crippen LogP contribution in [-0.2, 0) is 30.3 Å². The zero-order chi connectivity index (χ0) is 21.4. The van der Waals surface area contributed by atoms with Gasteiger partial charge in [0.25, 0.3) is 0 Å². The molecule has 8 nitrogen and oxygen atoms in total. The molecule has 3 atom stereocenters. The van der Waals surface area contributed by atoms with Gasteiger partial charge in [0.15, 0.2) is 17.3 Å². The van der Waals surface area contributed by atoms with Gasteiger partial charge in [-0.2, -0.15) is 0 Å². The molecule has 1 aliphatic rings. The summed E-state index contributed by atoms with van der Waals surface area (Å²) in [7, 11) is 4.43. The maximum Gasteiger partial charge on any atom is 0.330 e. The zero-order valence-corrected chi connectivity index (χ0v) is 17.5. The third-order valence-corrected chi connectivity index (χ3v) is 4.53. The highest BCUT2D eigenvalue weighted by atomic mass is 16.7. The molecule has 1 saturated heterocycles. The fourth-order valence-electron chi connectivity index (χ4n) is 2.97. The van der Waals surface area contributed by atoms with Crippen LogP contribution in [0.5, 0.6) is 11.5 Å². The monoisotopic (exact) mass is 410 g/mol. The molecule has 1 heterocycles. The SMILES string of the molecule is COC(=O)/C=C/C[C@@H](OCc1ccc(OC)c(OC)c1)[C@H](O)[C@H]1COC(C)(C)O1. The van der Waals surface area contributed by atoms with Crippen LogP contribution in [0.3, 0.4) is 0 Å². The van der Waals surface area contributed by atoms with Crippen molar-refractivity contribution >= 4 is 5.97 Å². The van der Waals surface area contributed by atoms with E-state index in [-0.39, 0.29) is 13.2 Å². The summed E-state index contributed by atoms with van der Waals surface area (Å²) in [5.41, 5.74) is 0.848. The molecule has 29 heavy (non-hydrogen) atoms. The Morgan fingerprint density at radius 1 is 1.28 bits per heavy atom. The molecule has 0 radical (unpaired) electrons. The van der Waals surface area contributed by atoms with Crippen LogP contribution in [0.4, 0.5) is 0 Å². The van der Waals surface area contributed by atoms with Gasteiger partial charge in [0.1, 0.15) is 12.2 Å². The second-order valence-electron chi connectivity index (χ2n) is 7.06. The van der Waals surface area contributed by atoms with E-state index in [4.69, 9.17) is 23.7 Å². The molecule has 8 heteroatoms. The van der Waals surface area contributed by atoms with Crippen LogP contribution in [0.1, 0.15) is 25.8 Å². The van der Waals surface area contributed by atoms with Crippen LogP contribution in [0.25, 0.3) is 0 Å². The molecule has 1 aromatic carbocycles. The maximum absolute atomic E-state index is 11.3. The first-order valence-electron chi connectivity index (χ1n) is 9.36. The summed E-state index contributed by atoms with van der Waals surface area (Å²) < 4.78 is 32.4. The molecule has 0 spiro atoms. The third kappa shape index (κ3) is 6.71. The van der Waals surface area contributed by atoms with Crippen molar-refractivity contribution in [2.45, 2.75) is 51.0 Å². The minimum Gasteiger partial charge on any atom is -0.493 e. The number of esters is 1. The number of benzene rings is 1. The second kappa shape index (κ2) is 10.6. The maximum atomic E-state index is 11.3. The number of hydrogen-bond acceptors (Lipinski definition) is 8. The lowest BCUT2D eigenvalue weighted by atomic mass is 10.0. The van der Waals surface area contributed by atoms with Crippen molar-refractivity contribution < 1.29 is 38.3 Å². The van der Waals surface area contributed by atoms with Gasteiger partial charge in [-0.3, -0.25) is 0 Å². The van der Waals surface area contributed by atoms with E-state index in [1.54, 1.807) is 40.2 Å². The molecular weight excluding hydrogens is 380 g/mol. The predicted octanol–water partition coefficient (Wildman–Crippen LogP) is 2.22. The number of rotatable bonds is 10. The summed E-state index contributed by atoms with van der Waals surface area (Å²) in [5.74, 6) is -0.0284. The largest absolute Gasteiger partial charge is 0.493 e. The predicted molar refractivity (Wildman–Crippen MR) is 105 cm³/mol. The minimum absolute atomic E-state index is 0.227. The molecule has 1 aromatic rings. The van der Waals surface area contributed by atoms with Crippen molar-refractivity contribution in [1.82, 2.24) is 0 Å². The molecule has 1 fully saturated rings. The summed E-state index contributed by atoms with van der Waals surface area (Å²) in [6.45, 7) is 4.06. The molecule has 0 aromatic heterocycles. The molecule has 0 unspecified atom stereocenters. The summed E-state index contributed by atoms with van der Waals surface area (Å²) in [4.78, 5) is 11.3.